The number of carbonyl (C=O) groups excluding carboxylic acids is 4. The van der Waals surface area contributed by atoms with Crippen molar-refractivity contribution in [2.24, 2.45) is 13.0 Å². The molecule has 3 amide bonds. The average molecular weight is 706 g/mol. The fourth-order valence-corrected chi connectivity index (χ4v) is 7.90. The summed E-state index contributed by atoms with van der Waals surface area (Å²) in [5.41, 5.74) is 1.05. The molecule has 2 N–H and O–H groups in total. The number of fused-ring (bicyclic) bond motifs is 3. The first-order valence-corrected chi connectivity index (χ1v) is 18.3. The molecule has 5 heterocycles. The highest BCUT2D eigenvalue weighted by Gasteiger charge is 2.62. The SMILES string of the molecule is COC(=O)[C@@]12C[C@H]1/C=C\CCCCC[C@H](NC(=O)OC1CCC1)C(=O)N1C[C@H](Oc3nc(-c4cc(C)nn4C)nc4ccsc34)C[C@H]1C(=O)N2. The molecule has 2 saturated carbocycles. The molecule has 4 aliphatic rings. The summed E-state index contributed by atoms with van der Waals surface area (Å²) >= 11 is 1.44. The van der Waals surface area contributed by atoms with E-state index in [-0.39, 0.29) is 25.0 Å². The monoisotopic (exact) mass is 705 g/mol. The van der Waals surface area contributed by atoms with Gasteiger partial charge in [0.2, 0.25) is 17.7 Å². The van der Waals surface area contributed by atoms with Crippen molar-refractivity contribution in [1.82, 2.24) is 35.3 Å². The Morgan fingerprint density at radius 2 is 1.94 bits per heavy atom. The fraction of sp³-hybridized carbons (Fsp3) is 0.571. The van der Waals surface area contributed by atoms with E-state index in [4.69, 9.17) is 24.2 Å². The van der Waals surface area contributed by atoms with Crippen LogP contribution in [-0.4, -0.2) is 92.0 Å². The van der Waals surface area contributed by atoms with Gasteiger partial charge in [-0.05, 0) is 69.4 Å². The Hall–Kier alpha value is -4.53. The number of nitrogens with one attached hydrogen (secondary N) is 2. The van der Waals surface area contributed by atoms with Gasteiger partial charge >= 0.3 is 12.1 Å². The highest BCUT2D eigenvalue weighted by atomic mass is 32.1. The van der Waals surface area contributed by atoms with Gasteiger partial charge in [-0.25, -0.2) is 14.6 Å². The Morgan fingerprint density at radius 1 is 1.10 bits per heavy atom. The molecule has 266 valence electrons. The van der Waals surface area contributed by atoms with Gasteiger partial charge in [-0.2, -0.15) is 10.1 Å². The molecule has 50 heavy (non-hydrogen) atoms. The van der Waals surface area contributed by atoms with E-state index < -0.39 is 47.6 Å². The zero-order chi connectivity index (χ0) is 35.0. The van der Waals surface area contributed by atoms with Crippen LogP contribution >= 0.6 is 11.3 Å². The Labute approximate surface area is 293 Å². The maximum atomic E-state index is 14.4. The van der Waals surface area contributed by atoms with Crippen molar-refractivity contribution < 1.29 is 33.4 Å². The minimum absolute atomic E-state index is 0.0678. The number of methoxy groups -OCH3 is 1. The van der Waals surface area contributed by atoms with Crippen molar-refractivity contribution in [3.63, 3.8) is 0 Å². The van der Waals surface area contributed by atoms with Crippen molar-refractivity contribution >= 4 is 45.4 Å². The van der Waals surface area contributed by atoms with E-state index in [1.54, 1.807) is 4.68 Å². The Morgan fingerprint density at radius 3 is 2.68 bits per heavy atom. The molecular weight excluding hydrogens is 662 g/mol. The molecule has 3 aromatic heterocycles. The third-order valence-electron chi connectivity index (χ3n) is 10.2. The number of alkyl carbamates (subject to hydrolysis) is 1. The summed E-state index contributed by atoms with van der Waals surface area (Å²) in [7, 11) is 3.13. The molecule has 14 nitrogen and oxygen atoms in total. The third-order valence-corrected chi connectivity index (χ3v) is 11.1. The van der Waals surface area contributed by atoms with E-state index >= 15 is 0 Å². The molecule has 3 aromatic rings. The number of nitrogens with zero attached hydrogens (tertiary/aromatic N) is 5. The molecule has 0 bridgehead atoms. The first-order chi connectivity index (χ1) is 24.1. The Bertz CT molecular complexity index is 1820. The molecule has 7 rings (SSSR count). The van der Waals surface area contributed by atoms with Crippen molar-refractivity contribution in [2.75, 3.05) is 13.7 Å². The fourth-order valence-electron chi connectivity index (χ4n) is 7.14. The molecule has 2 aliphatic carbocycles. The molecular formula is C35H43N7O7S. The van der Waals surface area contributed by atoms with Crippen molar-refractivity contribution in [3.05, 3.63) is 35.4 Å². The lowest BCUT2D eigenvalue weighted by Crippen LogP contribution is -2.56. The molecule has 5 atom stereocenters. The van der Waals surface area contributed by atoms with Gasteiger partial charge in [0, 0.05) is 19.4 Å². The highest BCUT2D eigenvalue weighted by Crippen LogP contribution is 2.46. The molecule has 0 spiro atoms. The highest BCUT2D eigenvalue weighted by molar-refractivity contribution is 7.17. The minimum Gasteiger partial charge on any atom is -0.471 e. The van der Waals surface area contributed by atoms with Crippen LogP contribution in [0.3, 0.4) is 0 Å². The van der Waals surface area contributed by atoms with E-state index in [1.807, 2.05) is 43.6 Å². The number of aromatic nitrogens is 4. The third kappa shape index (κ3) is 6.79. The van der Waals surface area contributed by atoms with Crippen LogP contribution in [0.5, 0.6) is 5.88 Å². The van der Waals surface area contributed by atoms with Gasteiger partial charge in [-0.3, -0.25) is 14.3 Å². The lowest BCUT2D eigenvalue weighted by molar-refractivity contribution is -0.148. The van der Waals surface area contributed by atoms with Crippen molar-refractivity contribution in [3.8, 4) is 17.4 Å². The molecule has 0 aromatic carbocycles. The number of hydrogen-bond donors (Lipinski definition) is 2. The second-order valence-electron chi connectivity index (χ2n) is 13.7. The predicted molar refractivity (Wildman–Crippen MR) is 183 cm³/mol. The van der Waals surface area contributed by atoms with Crippen LogP contribution in [0.2, 0.25) is 0 Å². The van der Waals surface area contributed by atoms with Gasteiger partial charge in [0.15, 0.2) is 5.82 Å². The van der Waals surface area contributed by atoms with Crippen LogP contribution in [0.15, 0.2) is 29.7 Å². The topological polar surface area (TPSA) is 167 Å². The normalized spacial score (nSPS) is 27.9. The predicted octanol–water partition coefficient (Wildman–Crippen LogP) is 3.96. The van der Waals surface area contributed by atoms with E-state index in [0.717, 1.165) is 54.6 Å². The summed E-state index contributed by atoms with van der Waals surface area (Å²) in [6.45, 7) is 1.96. The number of amides is 3. The van der Waals surface area contributed by atoms with Gasteiger partial charge < -0.3 is 29.7 Å². The molecule has 0 radical (unpaired) electrons. The number of thiophene rings is 1. The zero-order valence-corrected chi connectivity index (χ0v) is 29.4. The summed E-state index contributed by atoms with van der Waals surface area (Å²) < 4.78 is 19.7. The lowest BCUT2D eigenvalue weighted by Gasteiger charge is -2.30. The van der Waals surface area contributed by atoms with Crippen LogP contribution < -0.4 is 15.4 Å². The molecule has 1 saturated heterocycles. The first kappa shape index (κ1) is 33.9. The summed E-state index contributed by atoms with van der Waals surface area (Å²) in [4.78, 5) is 65.6. The summed E-state index contributed by atoms with van der Waals surface area (Å²) in [6, 6.07) is 1.91. The summed E-state index contributed by atoms with van der Waals surface area (Å²) in [6.07, 6.45) is 9.39. The van der Waals surface area contributed by atoms with E-state index in [2.05, 4.69) is 15.7 Å². The molecule has 15 heteroatoms. The van der Waals surface area contributed by atoms with Crippen molar-refractivity contribution in [1.29, 1.82) is 0 Å². The quantitative estimate of drug-likeness (QED) is 0.283. The summed E-state index contributed by atoms with van der Waals surface area (Å²) in [5, 5.41) is 12.1. The van der Waals surface area contributed by atoms with Gasteiger partial charge in [-0.1, -0.05) is 25.0 Å². The van der Waals surface area contributed by atoms with Crippen LogP contribution in [0.25, 0.3) is 21.7 Å². The number of rotatable bonds is 6. The number of hydrogen-bond acceptors (Lipinski definition) is 11. The van der Waals surface area contributed by atoms with Crippen LogP contribution in [0.1, 0.15) is 69.9 Å². The van der Waals surface area contributed by atoms with Crippen LogP contribution in [0, 0.1) is 12.8 Å². The number of carbonyl (C=O) groups is 4. The van der Waals surface area contributed by atoms with Crippen molar-refractivity contribution in [2.45, 2.75) is 101 Å². The maximum absolute atomic E-state index is 14.4. The Balaban J connectivity index is 1.19. The number of allylic oxidation sites excluding steroid dienone is 1. The second-order valence-corrected chi connectivity index (χ2v) is 14.7. The first-order valence-electron chi connectivity index (χ1n) is 17.4. The van der Waals surface area contributed by atoms with E-state index in [0.29, 0.717) is 36.5 Å². The lowest BCUT2D eigenvalue weighted by atomic mass is 9.96. The van der Waals surface area contributed by atoms with E-state index in [1.165, 1.54) is 23.3 Å². The second kappa shape index (κ2) is 14.0. The minimum atomic E-state index is -1.20. The average Bonchev–Trinajstić information content (AvgIpc) is 3.40. The van der Waals surface area contributed by atoms with Gasteiger partial charge in [0.05, 0.1) is 24.9 Å². The number of ether oxygens (including phenoxy) is 3. The molecule has 2 aliphatic heterocycles. The van der Waals surface area contributed by atoms with Crippen LogP contribution in [-0.2, 0) is 30.9 Å². The van der Waals surface area contributed by atoms with Gasteiger partial charge in [0.1, 0.15) is 40.2 Å². The molecule has 3 fully saturated rings. The largest absolute Gasteiger partial charge is 0.471 e. The van der Waals surface area contributed by atoms with Crippen LogP contribution in [0.4, 0.5) is 4.79 Å². The Kier molecular flexibility index (Phi) is 9.51. The standard InChI is InChI=1S/C35H43N7O7S/c1-20-16-26(41(2)40-20)29-36-24-14-15-50-28(24)31(38-29)48-23-17-27-30(43)39-35(33(45)47-3)18-21(35)10-7-5-4-6-8-13-25(32(44)42(27)19-23)37-34(46)49-22-11-9-12-22/h7,10,14-16,21-23,25,27H,4-6,8-9,11-13,17-19H2,1-3H3,(H,37,46)(H,39,43)/b10-7-/t21-,23-,25+,27+,35-/m1/s1. The number of aryl methyl sites for hydroxylation is 2. The van der Waals surface area contributed by atoms with E-state index in [9.17, 15) is 19.2 Å². The zero-order valence-electron chi connectivity index (χ0n) is 28.6. The smallest absolute Gasteiger partial charge is 0.408 e. The maximum Gasteiger partial charge on any atom is 0.408 e. The molecule has 0 unspecified atom stereocenters. The summed E-state index contributed by atoms with van der Waals surface area (Å²) in [5.74, 6) is -0.824. The number of esters is 1. The van der Waals surface area contributed by atoms with Gasteiger partial charge in [0.25, 0.3) is 0 Å². The van der Waals surface area contributed by atoms with Gasteiger partial charge in [-0.15, -0.1) is 11.3 Å².